The lowest BCUT2D eigenvalue weighted by Crippen LogP contribution is -2.23. The molecule has 0 aliphatic carbocycles. The minimum atomic E-state index is -0.180. The van der Waals surface area contributed by atoms with E-state index >= 15 is 0 Å². The molecular formula is C14H23FN2O. The van der Waals surface area contributed by atoms with Gasteiger partial charge in [-0.1, -0.05) is 6.07 Å². The van der Waals surface area contributed by atoms with E-state index in [4.69, 9.17) is 4.74 Å². The summed E-state index contributed by atoms with van der Waals surface area (Å²) in [5.74, 6) is -0.180. The standard InChI is InChI=1S/C14H23FN2O/c1-17(14-7-5-6-13(15)12-14)10-4-3-8-16-9-11-18-2/h5-7,12,16H,3-4,8-11H2,1-2H3. The Hall–Kier alpha value is -1.13. The molecule has 3 nitrogen and oxygen atoms in total. The van der Waals surface area contributed by atoms with Crippen molar-refractivity contribution in [3.05, 3.63) is 30.1 Å². The molecule has 0 heterocycles. The van der Waals surface area contributed by atoms with Crippen molar-refractivity contribution in [2.75, 3.05) is 45.3 Å². The lowest BCUT2D eigenvalue weighted by molar-refractivity contribution is 0.199. The summed E-state index contributed by atoms with van der Waals surface area (Å²) >= 11 is 0. The summed E-state index contributed by atoms with van der Waals surface area (Å²) in [6, 6.07) is 6.71. The van der Waals surface area contributed by atoms with Crippen LogP contribution in [0.4, 0.5) is 10.1 Å². The number of ether oxygens (including phenoxy) is 1. The zero-order valence-corrected chi connectivity index (χ0v) is 11.3. The highest BCUT2D eigenvalue weighted by atomic mass is 19.1. The van der Waals surface area contributed by atoms with Crippen molar-refractivity contribution >= 4 is 5.69 Å². The third kappa shape index (κ3) is 5.98. The van der Waals surface area contributed by atoms with Crippen LogP contribution in [0.1, 0.15) is 12.8 Å². The molecule has 0 aliphatic heterocycles. The van der Waals surface area contributed by atoms with Crippen LogP contribution < -0.4 is 10.2 Å². The summed E-state index contributed by atoms with van der Waals surface area (Å²) in [4.78, 5) is 2.08. The summed E-state index contributed by atoms with van der Waals surface area (Å²) in [6.45, 7) is 3.59. The molecule has 0 fully saturated rings. The molecule has 0 saturated heterocycles. The van der Waals surface area contributed by atoms with Gasteiger partial charge in [0.05, 0.1) is 6.61 Å². The van der Waals surface area contributed by atoms with Gasteiger partial charge in [-0.15, -0.1) is 0 Å². The van der Waals surface area contributed by atoms with Crippen LogP contribution in [0.15, 0.2) is 24.3 Å². The quantitative estimate of drug-likeness (QED) is 0.684. The largest absolute Gasteiger partial charge is 0.383 e. The fourth-order valence-electron chi connectivity index (χ4n) is 1.74. The first-order valence-electron chi connectivity index (χ1n) is 6.40. The Morgan fingerprint density at radius 2 is 2.11 bits per heavy atom. The van der Waals surface area contributed by atoms with Crippen molar-refractivity contribution in [3.63, 3.8) is 0 Å². The monoisotopic (exact) mass is 254 g/mol. The fourth-order valence-corrected chi connectivity index (χ4v) is 1.74. The second-order valence-corrected chi connectivity index (χ2v) is 4.35. The lowest BCUT2D eigenvalue weighted by Gasteiger charge is -2.19. The molecule has 1 rings (SSSR count). The Bertz CT molecular complexity index is 333. The van der Waals surface area contributed by atoms with Crippen LogP contribution in [0.2, 0.25) is 0 Å². The van der Waals surface area contributed by atoms with Gasteiger partial charge in [-0.05, 0) is 37.6 Å². The van der Waals surface area contributed by atoms with Crippen LogP contribution in [-0.2, 0) is 4.74 Å². The zero-order valence-electron chi connectivity index (χ0n) is 11.3. The summed E-state index contributed by atoms with van der Waals surface area (Å²) < 4.78 is 18.0. The molecule has 0 atom stereocenters. The first-order valence-corrected chi connectivity index (χ1v) is 6.40. The number of benzene rings is 1. The molecule has 0 aliphatic rings. The third-order valence-corrected chi connectivity index (χ3v) is 2.83. The van der Waals surface area contributed by atoms with Gasteiger partial charge in [0, 0.05) is 32.9 Å². The van der Waals surface area contributed by atoms with Crippen molar-refractivity contribution < 1.29 is 9.13 Å². The van der Waals surface area contributed by atoms with Crippen LogP contribution >= 0.6 is 0 Å². The van der Waals surface area contributed by atoms with Gasteiger partial charge in [0.25, 0.3) is 0 Å². The number of anilines is 1. The van der Waals surface area contributed by atoms with E-state index in [1.54, 1.807) is 19.2 Å². The van der Waals surface area contributed by atoms with Gasteiger partial charge in [0.15, 0.2) is 0 Å². The van der Waals surface area contributed by atoms with Gasteiger partial charge in [0.2, 0.25) is 0 Å². The maximum absolute atomic E-state index is 13.0. The lowest BCUT2D eigenvalue weighted by atomic mass is 10.2. The highest BCUT2D eigenvalue weighted by Gasteiger charge is 2.01. The molecule has 4 heteroatoms. The Morgan fingerprint density at radius 3 is 2.83 bits per heavy atom. The van der Waals surface area contributed by atoms with E-state index < -0.39 is 0 Å². The minimum absolute atomic E-state index is 0.180. The van der Waals surface area contributed by atoms with Crippen molar-refractivity contribution in [3.8, 4) is 0 Å². The molecule has 0 unspecified atom stereocenters. The maximum Gasteiger partial charge on any atom is 0.125 e. The number of hydrogen-bond donors (Lipinski definition) is 1. The molecule has 0 saturated carbocycles. The average Bonchev–Trinajstić information content (AvgIpc) is 2.37. The Morgan fingerprint density at radius 1 is 1.28 bits per heavy atom. The van der Waals surface area contributed by atoms with E-state index in [0.717, 1.165) is 44.8 Å². The Balaban J connectivity index is 2.12. The maximum atomic E-state index is 13.0. The third-order valence-electron chi connectivity index (χ3n) is 2.83. The van der Waals surface area contributed by atoms with Gasteiger partial charge < -0.3 is 15.0 Å². The molecule has 0 bridgehead atoms. The number of halogens is 1. The van der Waals surface area contributed by atoms with E-state index in [-0.39, 0.29) is 5.82 Å². The average molecular weight is 254 g/mol. The Kier molecular flexibility index (Phi) is 7.37. The van der Waals surface area contributed by atoms with Crippen LogP contribution in [0.3, 0.4) is 0 Å². The van der Waals surface area contributed by atoms with Crippen LogP contribution in [0.5, 0.6) is 0 Å². The summed E-state index contributed by atoms with van der Waals surface area (Å²) in [5, 5.41) is 3.31. The second-order valence-electron chi connectivity index (χ2n) is 4.35. The van der Waals surface area contributed by atoms with Crippen molar-refractivity contribution in [2.24, 2.45) is 0 Å². The van der Waals surface area contributed by atoms with Crippen molar-refractivity contribution in [1.82, 2.24) is 5.32 Å². The summed E-state index contributed by atoms with van der Waals surface area (Å²) in [6.07, 6.45) is 2.20. The summed E-state index contributed by atoms with van der Waals surface area (Å²) in [7, 11) is 3.70. The molecule has 18 heavy (non-hydrogen) atoms. The number of nitrogens with one attached hydrogen (secondary N) is 1. The van der Waals surface area contributed by atoms with Crippen LogP contribution in [0.25, 0.3) is 0 Å². The van der Waals surface area contributed by atoms with E-state index in [2.05, 4.69) is 10.2 Å². The first kappa shape index (κ1) is 14.9. The first-order chi connectivity index (χ1) is 8.74. The van der Waals surface area contributed by atoms with Gasteiger partial charge in [-0.3, -0.25) is 0 Å². The molecular weight excluding hydrogens is 231 g/mol. The topological polar surface area (TPSA) is 24.5 Å². The molecule has 0 radical (unpaired) electrons. The van der Waals surface area contributed by atoms with E-state index in [9.17, 15) is 4.39 Å². The van der Waals surface area contributed by atoms with Crippen molar-refractivity contribution in [1.29, 1.82) is 0 Å². The fraction of sp³-hybridized carbons (Fsp3) is 0.571. The molecule has 0 amide bonds. The SMILES string of the molecule is COCCNCCCCN(C)c1cccc(F)c1. The van der Waals surface area contributed by atoms with Gasteiger partial charge in [0.1, 0.15) is 5.82 Å². The van der Waals surface area contributed by atoms with E-state index in [0.29, 0.717) is 0 Å². The smallest absolute Gasteiger partial charge is 0.125 e. The van der Waals surface area contributed by atoms with Crippen LogP contribution in [-0.4, -0.2) is 40.4 Å². The molecule has 1 N–H and O–H groups in total. The zero-order chi connectivity index (χ0) is 13.2. The Labute approximate surface area is 109 Å². The van der Waals surface area contributed by atoms with E-state index in [1.165, 1.54) is 6.07 Å². The molecule has 1 aromatic carbocycles. The molecule has 0 spiro atoms. The van der Waals surface area contributed by atoms with Gasteiger partial charge in [-0.25, -0.2) is 4.39 Å². The van der Waals surface area contributed by atoms with Gasteiger partial charge in [-0.2, -0.15) is 0 Å². The number of nitrogens with zero attached hydrogens (tertiary/aromatic N) is 1. The predicted octanol–water partition coefficient (Wildman–Crippen LogP) is 2.28. The predicted molar refractivity (Wildman–Crippen MR) is 73.6 cm³/mol. The second kappa shape index (κ2) is 8.89. The normalized spacial score (nSPS) is 10.6. The number of methoxy groups -OCH3 is 1. The van der Waals surface area contributed by atoms with E-state index in [1.807, 2.05) is 13.1 Å². The number of rotatable bonds is 9. The molecule has 1 aromatic rings. The minimum Gasteiger partial charge on any atom is -0.383 e. The molecule has 102 valence electrons. The van der Waals surface area contributed by atoms with Crippen LogP contribution in [0, 0.1) is 5.82 Å². The van der Waals surface area contributed by atoms with Crippen molar-refractivity contribution in [2.45, 2.75) is 12.8 Å². The number of hydrogen-bond acceptors (Lipinski definition) is 3. The summed E-state index contributed by atoms with van der Waals surface area (Å²) in [5.41, 5.74) is 0.933. The highest BCUT2D eigenvalue weighted by Crippen LogP contribution is 2.14. The highest BCUT2D eigenvalue weighted by molar-refractivity contribution is 5.45. The number of unbranched alkanes of at least 4 members (excludes halogenated alkanes) is 1. The van der Waals surface area contributed by atoms with Gasteiger partial charge >= 0.3 is 0 Å². The molecule has 0 aromatic heterocycles.